The Morgan fingerprint density at radius 3 is 2.61 bits per heavy atom. The Morgan fingerprint density at radius 2 is 2.06 bits per heavy atom. The summed E-state index contributed by atoms with van der Waals surface area (Å²) in [7, 11) is 1.28. The lowest BCUT2D eigenvalue weighted by atomic mass is 10.2. The van der Waals surface area contributed by atoms with Crippen LogP contribution in [0.2, 0.25) is 0 Å². The van der Waals surface area contributed by atoms with Crippen LogP contribution >= 0.6 is 15.9 Å². The normalized spacial score (nSPS) is 11.6. The summed E-state index contributed by atoms with van der Waals surface area (Å²) >= 11 is 3.17. The molecule has 1 aromatic carbocycles. The van der Waals surface area contributed by atoms with Gasteiger partial charge in [-0.2, -0.15) is 18.2 Å². The van der Waals surface area contributed by atoms with Gasteiger partial charge >= 0.3 is 6.18 Å². The van der Waals surface area contributed by atoms with Crippen molar-refractivity contribution in [2.75, 3.05) is 0 Å². The summed E-state index contributed by atoms with van der Waals surface area (Å²) in [5, 5.41) is 0.252. The fraction of sp³-hybridized carbons (Fsp3) is 0.182. The fourth-order valence-corrected chi connectivity index (χ4v) is 2.24. The van der Waals surface area contributed by atoms with Gasteiger partial charge in [-0.15, -0.1) is 0 Å². The van der Waals surface area contributed by atoms with Crippen LogP contribution in [0.3, 0.4) is 0 Å². The fourth-order valence-electron chi connectivity index (χ4n) is 1.88. The van der Waals surface area contributed by atoms with Crippen LogP contribution in [0.1, 0.15) is 5.69 Å². The topological polar surface area (TPSA) is 34.4 Å². The van der Waals surface area contributed by atoms with Gasteiger partial charge in [0.15, 0.2) is 5.69 Å². The summed E-state index contributed by atoms with van der Waals surface area (Å²) in [6.45, 7) is 0. The largest absolute Gasteiger partial charge is 0.433 e. The molecule has 94 valence electrons. The summed E-state index contributed by atoms with van der Waals surface area (Å²) in [4.78, 5) is 13.5. The lowest BCUT2D eigenvalue weighted by Gasteiger charge is -2.08. The van der Waals surface area contributed by atoms with Crippen LogP contribution in [-0.2, 0) is 18.0 Å². The number of isocyanates is 1. The highest BCUT2D eigenvalue weighted by molar-refractivity contribution is 9.10. The third kappa shape index (κ3) is 1.95. The first-order valence-electron chi connectivity index (χ1n) is 4.79. The van der Waals surface area contributed by atoms with Gasteiger partial charge in [-0.05, 0) is 18.2 Å². The van der Waals surface area contributed by atoms with Crippen LogP contribution in [0.4, 0.5) is 18.9 Å². The summed E-state index contributed by atoms with van der Waals surface area (Å²) in [6, 6.07) is 4.64. The lowest BCUT2D eigenvalue weighted by Crippen LogP contribution is -2.11. The summed E-state index contributed by atoms with van der Waals surface area (Å²) in [5.74, 6) is 0. The number of nitrogens with zero attached hydrogens (tertiary/aromatic N) is 2. The van der Waals surface area contributed by atoms with E-state index < -0.39 is 17.6 Å². The van der Waals surface area contributed by atoms with Crippen molar-refractivity contribution < 1.29 is 18.0 Å². The number of aliphatic imine (C=N–C) groups is 1. The van der Waals surface area contributed by atoms with Gasteiger partial charge in [0, 0.05) is 16.9 Å². The van der Waals surface area contributed by atoms with Gasteiger partial charge in [-0.3, -0.25) is 0 Å². The molecule has 0 N–H and O–H groups in total. The number of aromatic nitrogens is 1. The maximum atomic E-state index is 12.9. The van der Waals surface area contributed by atoms with Gasteiger partial charge in [0.1, 0.15) is 5.69 Å². The van der Waals surface area contributed by atoms with Crippen molar-refractivity contribution >= 4 is 38.6 Å². The van der Waals surface area contributed by atoms with Crippen molar-refractivity contribution in [1.82, 2.24) is 4.57 Å². The molecule has 7 heteroatoms. The van der Waals surface area contributed by atoms with Crippen molar-refractivity contribution in [3.8, 4) is 0 Å². The van der Waals surface area contributed by atoms with Gasteiger partial charge in [-0.25, -0.2) is 4.79 Å². The number of aryl methyl sites for hydroxylation is 1. The maximum Gasteiger partial charge on any atom is 0.433 e. The second-order valence-electron chi connectivity index (χ2n) is 3.62. The first kappa shape index (κ1) is 12.9. The van der Waals surface area contributed by atoms with E-state index in [0.29, 0.717) is 9.99 Å². The number of rotatable bonds is 1. The van der Waals surface area contributed by atoms with E-state index in [1.165, 1.54) is 25.3 Å². The van der Waals surface area contributed by atoms with Crippen LogP contribution in [-0.4, -0.2) is 10.6 Å². The predicted molar refractivity (Wildman–Crippen MR) is 63.4 cm³/mol. The molecule has 0 aliphatic rings. The molecule has 2 aromatic rings. The van der Waals surface area contributed by atoms with Gasteiger partial charge in [0.2, 0.25) is 6.08 Å². The smallest absolute Gasteiger partial charge is 0.338 e. The molecule has 1 aromatic heterocycles. The highest BCUT2D eigenvalue weighted by atomic mass is 79.9. The molecule has 0 aliphatic carbocycles. The standard InChI is InChI=1S/C11H6BrF3N2O/c1-17-8-3-2-6(12)4-7(8)9(16-5-18)10(17)11(13,14)15/h2-4H,1H3. The lowest BCUT2D eigenvalue weighted by molar-refractivity contribution is -0.142. The van der Waals surface area contributed by atoms with E-state index >= 15 is 0 Å². The van der Waals surface area contributed by atoms with Crippen molar-refractivity contribution in [3.63, 3.8) is 0 Å². The van der Waals surface area contributed by atoms with Crippen LogP contribution in [0.15, 0.2) is 27.7 Å². The number of fused-ring (bicyclic) bond motifs is 1. The van der Waals surface area contributed by atoms with Crippen molar-refractivity contribution in [2.24, 2.45) is 12.0 Å². The van der Waals surface area contributed by atoms with E-state index in [4.69, 9.17) is 0 Å². The zero-order valence-corrected chi connectivity index (χ0v) is 10.6. The first-order valence-corrected chi connectivity index (χ1v) is 5.58. The summed E-state index contributed by atoms with van der Waals surface area (Å²) in [5.41, 5.74) is -1.02. The average Bonchev–Trinajstić information content (AvgIpc) is 2.52. The summed E-state index contributed by atoms with van der Waals surface area (Å²) in [6.07, 6.45) is -3.42. The van der Waals surface area contributed by atoms with Gasteiger partial charge in [0.05, 0.1) is 5.52 Å². The Morgan fingerprint density at radius 1 is 1.39 bits per heavy atom. The van der Waals surface area contributed by atoms with Crippen LogP contribution in [0.25, 0.3) is 10.9 Å². The Hall–Kier alpha value is -1.59. The molecule has 0 unspecified atom stereocenters. The van der Waals surface area contributed by atoms with E-state index in [1.54, 1.807) is 6.07 Å². The minimum Gasteiger partial charge on any atom is -0.338 e. The Balaban J connectivity index is 2.97. The number of hydrogen-bond donors (Lipinski definition) is 0. The molecule has 0 spiro atoms. The first-order chi connectivity index (χ1) is 8.36. The molecule has 18 heavy (non-hydrogen) atoms. The molecule has 0 aliphatic heterocycles. The molecule has 0 saturated heterocycles. The minimum atomic E-state index is -4.59. The Kier molecular flexibility index (Phi) is 3.04. The van der Waals surface area contributed by atoms with Gasteiger partial charge in [0.25, 0.3) is 0 Å². The maximum absolute atomic E-state index is 12.9. The highest BCUT2D eigenvalue weighted by Crippen LogP contribution is 2.43. The van der Waals surface area contributed by atoms with Gasteiger partial charge < -0.3 is 4.57 Å². The SMILES string of the molecule is Cn1c(C(F)(F)F)c(N=C=O)c2cc(Br)ccc21. The van der Waals surface area contributed by atoms with Crippen molar-refractivity contribution in [1.29, 1.82) is 0 Å². The number of hydrogen-bond acceptors (Lipinski definition) is 2. The zero-order chi connectivity index (χ0) is 13.5. The van der Waals surface area contributed by atoms with E-state index in [1.807, 2.05) is 0 Å². The summed E-state index contributed by atoms with van der Waals surface area (Å²) < 4.78 is 40.4. The molecule has 0 amide bonds. The molecule has 0 fully saturated rings. The van der Waals surface area contributed by atoms with E-state index in [9.17, 15) is 18.0 Å². The molecule has 0 saturated carbocycles. The number of carbonyl (C=O) groups excluding carboxylic acids is 1. The number of halogens is 4. The van der Waals surface area contributed by atoms with Crippen LogP contribution in [0, 0.1) is 0 Å². The predicted octanol–water partition coefficient (Wildman–Crippen LogP) is 3.93. The molecule has 0 bridgehead atoms. The Labute approximate surface area is 108 Å². The zero-order valence-electron chi connectivity index (χ0n) is 9.05. The molecule has 3 nitrogen and oxygen atoms in total. The van der Waals surface area contributed by atoms with Crippen LogP contribution in [0.5, 0.6) is 0 Å². The molecule has 2 rings (SSSR count). The average molecular weight is 319 g/mol. The quantitative estimate of drug-likeness (QED) is 0.579. The molecular formula is C11H6BrF3N2O. The minimum absolute atomic E-state index is 0.252. The second-order valence-corrected chi connectivity index (χ2v) is 4.53. The molecule has 1 heterocycles. The van der Waals surface area contributed by atoms with Crippen molar-refractivity contribution in [2.45, 2.75) is 6.18 Å². The third-order valence-electron chi connectivity index (χ3n) is 2.56. The highest BCUT2D eigenvalue weighted by Gasteiger charge is 2.38. The van der Waals surface area contributed by atoms with E-state index in [0.717, 1.165) is 4.57 Å². The molecular weight excluding hydrogens is 313 g/mol. The van der Waals surface area contributed by atoms with Crippen LogP contribution < -0.4 is 0 Å². The van der Waals surface area contributed by atoms with Gasteiger partial charge in [-0.1, -0.05) is 15.9 Å². The number of benzene rings is 1. The molecule has 0 radical (unpaired) electrons. The third-order valence-corrected chi connectivity index (χ3v) is 3.05. The monoisotopic (exact) mass is 318 g/mol. The van der Waals surface area contributed by atoms with E-state index in [2.05, 4.69) is 20.9 Å². The van der Waals surface area contributed by atoms with Crippen molar-refractivity contribution in [3.05, 3.63) is 28.4 Å². The second kappa shape index (κ2) is 4.26. The number of alkyl halides is 3. The molecule has 0 atom stereocenters. The van der Waals surface area contributed by atoms with E-state index in [-0.39, 0.29) is 5.39 Å². The Bertz CT molecular complexity index is 669.